The molecule has 0 aliphatic heterocycles. The van der Waals surface area contributed by atoms with E-state index in [1.807, 2.05) is 6.92 Å². The van der Waals surface area contributed by atoms with Gasteiger partial charge in [0.25, 0.3) is 0 Å². The minimum Gasteiger partial charge on any atom is -0.378 e. The van der Waals surface area contributed by atoms with Crippen molar-refractivity contribution in [3.8, 4) is 6.07 Å². The number of ether oxygens (including phenoxy) is 1. The molecule has 0 aromatic heterocycles. The first-order chi connectivity index (χ1) is 7.53. The zero-order chi connectivity index (χ0) is 12.0. The Hall–Kier alpha value is -0.590. The van der Waals surface area contributed by atoms with Crippen LogP contribution < -0.4 is 5.73 Å². The molecule has 3 heteroatoms. The molecule has 1 aliphatic carbocycles. The first-order valence-electron chi connectivity index (χ1n) is 6.35. The minimum absolute atomic E-state index is 0.0802. The smallest absolute Gasteiger partial charge is 0.103 e. The van der Waals surface area contributed by atoms with Crippen molar-refractivity contribution in [2.75, 3.05) is 6.61 Å². The van der Waals surface area contributed by atoms with Gasteiger partial charge in [0.1, 0.15) is 5.54 Å². The van der Waals surface area contributed by atoms with E-state index in [9.17, 15) is 0 Å². The van der Waals surface area contributed by atoms with Crippen molar-refractivity contribution in [1.82, 2.24) is 0 Å². The molecule has 1 fully saturated rings. The number of nitriles is 1. The molecular formula is C13H24N2O. The third-order valence-electron chi connectivity index (χ3n) is 3.31. The van der Waals surface area contributed by atoms with Crippen molar-refractivity contribution in [2.45, 2.75) is 64.0 Å². The minimum atomic E-state index is -0.758. The highest BCUT2D eigenvalue weighted by Gasteiger charge is 2.22. The van der Waals surface area contributed by atoms with E-state index in [1.54, 1.807) is 6.92 Å². The van der Waals surface area contributed by atoms with Gasteiger partial charge in [0.15, 0.2) is 0 Å². The molecule has 0 aromatic rings. The van der Waals surface area contributed by atoms with Gasteiger partial charge in [0.2, 0.25) is 0 Å². The van der Waals surface area contributed by atoms with Gasteiger partial charge in [-0.3, -0.25) is 0 Å². The van der Waals surface area contributed by atoms with Crippen LogP contribution in [0.15, 0.2) is 0 Å². The number of hydrogen-bond donors (Lipinski definition) is 1. The highest BCUT2D eigenvalue weighted by molar-refractivity contribution is 5.01. The van der Waals surface area contributed by atoms with E-state index < -0.39 is 5.54 Å². The van der Waals surface area contributed by atoms with Crippen LogP contribution in [0.25, 0.3) is 0 Å². The van der Waals surface area contributed by atoms with Gasteiger partial charge < -0.3 is 10.5 Å². The Morgan fingerprint density at radius 1 is 1.44 bits per heavy atom. The van der Waals surface area contributed by atoms with Crippen molar-refractivity contribution >= 4 is 0 Å². The SMILES string of the molecule is CC(CC(C)(N)C#N)OCC1CCCCC1. The molecule has 0 amide bonds. The Morgan fingerprint density at radius 3 is 2.62 bits per heavy atom. The van der Waals surface area contributed by atoms with Gasteiger partial charge in [0, 0.05) is 13.0 Å². The van der Waals surface area contributed by atoms with Crippen LogP contribution in [0.1, 0.15) is 52.4 Å². The average molecular weight is 224 g/mol. The lowest BCUT2D eigenvalue weighted by Gasteiger charge is -2.25. The summed E-state index contributed by atoms with van der Waals surface area (Å²) in [5, 5.41) is 8.83. The number of hydrogen-bond acceptors (Lipinski definition) is 3. The van der Waals surface area contributed by atoms with Crippen molar-refractivity contribution < 1.29 is 4.74 Å². The summed E-state index contributed by atoms with van der Waals surface area (Å²) in [6.07, 6.45) is 7.34. The van der Waals surface area contributed by atoms with Gasteiger partial charge in [-0.1, -0.05) is 19.3 Å². The molecule has 1 saturated carbocycles. The van der Waals surface area contributed by atoms with Crippen LogP contribution >= 0.6 is 0 Å². The van der Waals surface area contributed by atoms with Gasteiger partial charge in [-0.2, -0.15) is 5.26 Å². The van der Waals surface area contributed by atoms with Crippen LogP contribution in [0.2, 0.25) is 0 Å². The molecule has 2 atom stereocenters. The van der Waals surface area contributed by atoms with Crippen LogP contribution in [0.3, 0.4) is 0 Å². The molecule has 1 rings (SSSR count). The maximum absolute atomic E-state index is 8.83. The lowest BCUT2D eigenvalue weighted by Crippen LogP contribution is -2.38. The van der Waals surface area contributed by atoms with E-state index in [0.717, 1.165) is 12.5 Å². The number of rotatable bonds is 5. The third-order valence-corrected chi connectivity index (χ3v) is 3.31. The van der Waals surface area contributed by atoms with Crippen LogP contribution in [0.5, 0.6) is 0 Å². The zero-order valence-electron chi connectivity index (χ0n) is 10.5. The Labute approximate surface area is 99.0 Å². The monoisotopic (exact) mass is 224 g/mol. The molecule has 2 N–H and O–H groups in total. The van der Waals surface area contributed by atoms with Gasteiger partial charge in [-0.05, 0) is 32.6 Å². The first kappa shape index (κ1) is 13.5. The van der Waals surface area contributed by atoms with Crippen molar-refractivity contribution in [1.29, 1.82) is 5.26 Å². The zero-order valence-corrected chi connectivity index (χ0v) is 10.5. The Balaban J connectivity index is 2.19. The summed E-state index contributed by atoms with van der Waals surface area (Å²) < 4.78 is 5.79. The highest BCUT2D eigenvalue weighted by atomic mass is 16.5. The summed E-state index contributed by atoms with van der Waals surface area (Å²) in [6, 6.07) is 2.11. The fraction of sp³-hybridized carbons (Fsp3) is 0.923. The third kappa shape index (κ3) is 4.96. The lowest BCUT2D eigenvalue weighted by molar-refractivity contribution is 0.0201. The summed E-state index contributed by atoms with van der Waals surface area (Å²) in [4.78, 5) is 0. The molecule has 0 spiro atoms. The topological polar surface area (TPSA) is 59.0 Å². The second kappa shape index (κ2) is 6.22. The van der Waals surface area contributed by atoms with Gasteiger partial charge in [-0.15, -0.1) is 0 Å². The van der Waals surface area contributed by atoms with Crippen molar-refractivity contribution in [3.63, 3.8) is 0 Å². The van der Waals surface area contributed by atoms with Gasteiger partial charge in [-0.25, -0.2) is 0 Å². The predicted molar refractivity (Wildman–Crippen MR) is 64.8 cm³/mol. The number of nitrogens with two attached hydrogens (primary N) is 1. The molecular weight excluding hydrogens is 200 g/mol. The van der Waals surface area contributed by atoms with Crippen LogP contribution in [0.4, 0.5) is 0 Å². The second-order valence-electron chi connectivity index (χ2n) is 5.38. The molecule has 1 aliphatic rings. The standard InChI is InChI=1S/C13H24N2O/c1-11(8-13(2,15)10-14)16-9-12-6-4-3-5-7-12/h11-12H,3-9,15H2,1-2H3. The molecule has 92 valence electrons. The maximum atomic E-state index is 8.83. The fourth-order valence-corrected chi connectivity index (χ4v) is 2.36. The predicted octanol–water partition coefficient (Wildman–Crippen LogP) is 2.60. The first-order valence-corrected chi connectivity index (χ1v) is 6.35. The summed E-state index contributed by atoms with van der Waals surface area (Å²) in [6.45, 7) is 4.60. The van der Waals surface area contributed by atoms with Crippen molar-refractivity contribution in [3.05, 3.63) is 0 Å². The van der Waals surface area contributed by atoms with Gasteiger partial charge >= 0.3 is 0 Å². The quantitative estimate of drug-likeness (QED) is 0.781. The van der Waals surface area contributed by atoms with Crippen LogP contribution in [-0.2, 0) is 4.74 Å². The van der Waals surface area contributed by atoms with Gasteiger partial charge in [0.05, 0.1) is 12.2 Å². The molecule has 0 bridgehead atoms. The Kier molecular flexibility index (Phi) is 5.24. The fourth-order valence-electron chi connectivity index (χ4n) is 2.36. The van der Waals surface area contributed by atoms with Crippen molar-refractivity contribution in [2.24, 2.45) is 11.7 Å². The summed E-state index contributed by atoms with van der Waals surface area (Å²) in [7, 11) is 0. The summed E-state index contributed by atoms with van der Waals surface area (Å²) in [5.74, 6) is 0.724. The Morgan fingerprint density at radius 2 is 2.06 bits per heavy atom. The Bertz CT molecular complexity index is 239. The largest absolute Gasteiger partial charge is 0.378 e. The van der Waals surface area contributed by atoms with E-state index in [1.165, 1.54) is 32.1 Å². The second-order valence-corrected chi connectivity index (χ2v) is 5.38. The van der Waals surface area contributed by atoms with E-state index in [-0.39, 0.29) is 6.10 Å². The van der Waals surface area contributed by atoms with Crippen LogP contribution in [-0.4, -0.2) is 18.2 Å². The average Bonchev–Trinajstić information content (AvgIpc) is 2.27. The maximum Gasteiger partial charge on any atom is 0.103 e. The molecule has 0 aromatic carbocycles. The van der Waals surface area contributed by atoms with E-state index in [4.69, 9.17) is 15.7 Å². The van der Waals surface area contributed by atoms with Crippen LogP contribution in [0, 0.1) is 17.2 Å². The number of nitrogens with zero attached hydrogens (tertiary/aromatic N) is 1. The van der Waals surface area contributed by atoms with E-state index in [2.05, 4.69) is 6.07 Å². The molecule has 0 heterocycles. The lowest BCUT2D eigenvalue weighted by atomic mass is 9.90. The highest BCUT2D eigenvalue weighted by Crippen LogP contribution is 2.24. The molecule has 0 radical (unpaired) electrons. The molecule has 0 saturated heterocycles. The van der Waals surface area contributed by atoms with E-state index in [0.29, 0.717) is 6.42 Å². The molecule has 2 unspecified atom stereocenters. The molecule has 16 heavy (non-hydrogen) atoms. The normalized spacial score (nSPS) is 23.4. The molecule has 3 nitrogen and oxygen atoms in total. The summed E-state index contributed by atoms with van der Waals surface area (Å²) >= 11 is 0. The summed E-state index contributed by atoms with van der Waals surface area (Å²) in [5.41, 5.74) is 5.03. The van der Waals surface area contributed by atoms with E-state index >= 15 is 0 Å².